The molecule has 1 aromatic rings. The zero-order chi connectivity index (χ0) is 25.2. The van der Waals surface area contributed by atoms with Crippen molar-refractivity contribution in [3.63, 3.8) is 0 Å². The first-order chi connectivity index (χ1) is 15.2. The quantitative estimate of drug-likeness (QED) is 0.510. The van der Waals surface area contributed by atoms with E-state index < -0.39 is 47.4 Å². The minimum atomic E-state index is -1.13. The zero-order valence-corrected chi connectivity index (χ0v) is 20.9. The summed E-state index contributed by atoms with van der Waals surface area (Å²) >= 11 is 0. The number of carbonyl (C=O) groups is 3. The van der Waals surface area contributed by atoms with Crippen LogP contribution < -0.4 is 10.6 Å². The van der Waals surface area contributed by atoms with E-state index in [1.807, 2.05) is 71.9 Å². The van der Waals surface area contributed by atoms with Gasteiger partial charge in [0.1, 0.15) is 12.6 Å². The first-order valence-electron chi connectivity index (χ1n) is 10.9. The number of nitrogens with one attached hydrogen (secondary N) is 2. The lowest BCUT2D eigenvalue weighted by Crippen LogP contribution is -2.58. The number of benzene rings is 1. The third-order valence-corrected chi connectivity index (χ3v) is 4.26. The van der Waals surface area contributed by atoms with Gasteiger partial charge in [0.25, 0.3) is 0 Å². The lowest BCUT2D eigenvalue weighted by Gasteiger charge is -2.31. The molecule has 0 unspecified atom stereocenters. The Bertz CT molecular complexity index is 769. The minimum absolute atomic E-state index is 0.0414. The van der Waals surface area contributed by atoms with E-state index in [-0.39, 0.29) is 13.2 Å². The molecule has 0 aliphatic heterocycles. The van der Waals surface area contributed by atoms with Gasteiger partial charge in [-0.25, -0.2) is 9.59 Å². The van der Waals surface area contributed by atoms with Crippen LogP contribution in [-0.2, 0) is 35.1 Å². The molecule has 1 rings (SSSR count). The fraction of sp³-hybridized carbons (Fsp3) is 0.625. The van der Waals surface area contributed by atoms with E-state index in [0.29, 0.717) is 0 Å². The van der Waals surface area contributed by atoms with Gasteiger partial charge in [-0.1, -0.05) is 30.3 Å². The topological polar surface area (TPSA) is 112 Å². The molecule has 0 bridgehead atoms. The van der Waals surface area contributed by atoms with Crippen molar-refractivity contribution >= 4 is 18.0 Å². The average molecular weight is 467 g/mol. The number of hydrogen-bond acceptors (Lipinski definition) is 7. The van der Waals surface area contributed by atoms with Crippen LogP contribution in [0.25, 0.3) is 0 Å². The molecule has 0 aromatic heterocycles. The van der Waals surface area contributed by atoms with Crippen molar-refractivity contribution in [3.8, 4) is 0 Å². The van der Waals surface area contributed by atoms with Crippen LogP contribution >= 0.6 is 0 Å². The second kappa shape index (κ2) is 12.6. The maximum Gasteiger partial charge on any atom is 0.408 e. The van der Waals surface area contributed by atoms with E-state index in [0.717, 1.165) is 5.56 Å². The van der Waals surface area contributed by atoms with Gasteiger partial charge in [0.15, 0.2) is 6.04 Å². The van der Waals surface area contributed by atoms with E-state index in [9.17, 15) is 14.4 Å². The summed E-state index contributed by atoms with van der Waals surface area (Å²) in [4.78, 5) is 37.8. The van der Waals surface area contributed by atoms with Crippen molar-refractivity contribution < 1.29 is 33.3 Å². The molecule has 186 valence electrons. The number of alkyl carbamates (subject to hydrolysis) is 1. The first kappa shape index (κ1) is 28.4. The summed E-state index contributed by atoms with van der Waals surface area (Å²) in [5, 5.41) is 5.15. The van der Waals surface area contributed by atoms with Gasteiger partial charge in [-0.05, 0) is 54.0 Å². The minimum Gasteiger partial charge on any atom is -0.467 e. The Morgan fingerprint density at radius 1 is 0.939 bits per heavy atom. The van der Waals surface area contributed by atoms with Crippen LogP contribution in [0.4, 0.5) is 4.79 Å². The lowest BCUT2D eigenvalue weighted by molar-refractivity contribution is -0.150. The third kappa shape index (κ3) is 11.7. The highest BCUT2D eigenvalue weighted by Crippen LogP contribution is 2.14. The Morgan fingerprint density at radius 2 is 1.55 bits per heavy atom. The van der Waals surface area contributed by atoms with Crippen molar-refractivity contribution in [2.45, 2.75) is 84.5 Å². The molecule has 2 N–H and O–H groups in total. The van der Waals surface area contributed by atoms with Crippen molar-refractivity contribution in [3.05, 3.63) is 35.9 Å². The molecule has 9 heteroatoms. The fourth-order valence-corrected chi connectivity index (χ4v) is 2.82. The Balaban J connectivity index is 2.94. The first-order valence-corrected chi connectivity index (χ1v) is 10.9. The molecule has 1 aromatic carbocycles. The highest BCUT2D eigenvalue weighted by Gasteiger charge is 2.34. The van der Waals surface area contributed by atoms with Gasteiger partial charge in [-0.2, -0.15) is 0 Å². The van der Waals surface area contributed by atoms with Crippen molar-refractivity contribution in [2.75, 3.05) is 13.7 Å². The predicted octanol–water partition coefficient (Wildman–Crippen LogP) is 2.96. The number of hydrogen-bond donors (Lipinski definition) is 2. The average Bonchev–Trinajstić information content (AvgIpc) is 2.71. The van der Waals surface area contributed by atoms with E-state index in [1.165, 1.54) is 7.11 Å². The SMILES string of the molecule is COC(=O)[C@H](COC(C)(C)C)NC(=O)[C@@H](NC(=O)OCc1ccccc1)[C@@H](C)OC(C)(C)C. The normalized spacial score (nSPS) is 14.5. The molecule has 2 amide bonds. The number of methoxy groups -OCH3 is 1. The van der Waals surface area contributed by atoms with Crippen LogP contribution in [0.5, 0.6) is 0 Å². The molecule has 0 saturated carbocycles. The van der Waals surface area contributed by atoms with Gasteiger partial charge in [-0.3, -0.25) is 4.79 Å². The molecule has 0 heterocycles. The molecular weight excluding hydrogens is 428 g/mol. The predicted molar refractivity (Wildman–Crippen MR) is 124 cm³/mol. The van der Waals surface area contributed by atoms with Crippen LogP contribution in [0.1, 0.15) is 54.0 Å². The number of esters is 1. The van der Waals surface area contributed by atoms with Crippen molar-refractivity contribution in [1.29, 1.82) is 0 Å². The maximum absolute atomic E-state index is 13.1. The van der Waals surface area contributed by atoms with E-state index in [4.69, 9.17) is 18.9 Å². The van der Waals surface area contributed by atoms with Crippen LogP contribution in [0.2, 0.25) is 0 Å². The summed E-state index contributed by atoms with van der Waals surface area (Å²) < 4.78 is 21.6. The highest BCUT2D eigenvalue weighted by atomic mass is 16.6. The maximum atomic E-state index is 13.1. The molecule has 0 saturated heterocycles. The van der Waals surface area contributed by atoms with Gasteiger partial charge < -0.3 is 29.6 Å². The van der Waals surface area contributed by atoms with Crippen LogP contribution in [-0.4, -0.2) is 61.1 Å². The number of carbonyl (C=O) groups excluding carboxylic acids is 3. The molecule has 9 nitrogen and oxygen atoms in total. The summed E-state index contributed by atoms with van der Waals surface area (Å²) in [6.45, 7) is 12.6. The summed E-state index contributed by atoms with van der Waals surface area (Å²) in [5.41, 5.74) is -0.304. The van der Waals surface area contributed by atoms with Gasteiger partial charge >= 0.3 is 12.1 Å². The number of rotatable bonds is 10. The molecule has 0 spiro atoms. The van der Waals surface area contributed by atoms with Gasteiger partial charge in [0.05, 0.1) is 31.0 Å². The van der Waals surface area contributed by atoms with Gasteiger partial charge in [0.2, 0.25) is 5.91 Å². The summed E-state index contributed by atoms with van der Waals surface area (Å²) in [5.74, 6) is -1.29. The van der Waals surface area contributed by atoms with Gasteiger partial charge in [-0.15, -0.1) is 0 Å². The number of ether oxygens (including phenoxy) is 4. The molecular formula is C24H38N2O7. The molecule has 0 radical (unpaired) electrons. The largest absolute Gasteiger partial charge is 0.467 e. The monoisotopic (exact) mass is 466 g/mol. The smallest absolute Gasteiger partial charge is 0.408 e. The van der Waals surface area contributed by atoms with E-state index in [2.05, 4.69) is 10.6 Å². The second-order valence-corrected chi connectivity index (χ2v) is 9.63. The standard InChI is InChI=1S/C24H38N2O7/c1-16(33-24(5,6)7)19(26-22(29)31-14-17-12-10-9-11-13-17)20(27)25-18(21(28)30-8)15-32-23(2,3)4/h9-13,16,18-19H,14-15H2,1-8H3,(H,25,27)(H,26,29)/t16-,18+,19+/m1/s1. The molecule has 33 heavy (non-hydrogen) atoms. The third-order valence-electron chi connectivity index (χ3n) is 4.26. The Hall–Kier alpha value is -2.65. The second-order valence-electron chi connectivity index (χ2n) is 9.63. The summed E-state index contributed by atoms with van der Waals surface area (Å²) in [6.07, 6.45) is -1.51. The molecule has 3 atom stereocenters. The van der Waals surface area contributed by atoms with E-state index in [1.54, 1.807) is 6.92 Å². The van der Waals surface area contributed by atoms with Crippen LogP contribution in [0.15, 0.2) is 30.3 Å². The Morgan fingerprint density at radius 3 is 2.06 bits per heavy atom. The Kier molecular flexibility index (Phi) is 10.8. The zero-order valence-electron chi connectivity index (χ0n) is 20.9. The van der Waals surface area contributed by atoms with E-state index >= 15 is 0 Å². The highest BCUT2D eigenvalue weighted by molar-refractivity contribution is 5.90. The van der Waals surface area contributed by atoms with Crippen molar-refractivity contribution in [2.24, 2.45) is 0 Å². The van der Waals surface area contributed by atoms with Crippen LogP contribution in [0, 0.1) is 0 Å². The van der Waals surface area contributed by atoms with Crippen molar-refractivity contribution in [1.82, 2.24) is 10.6 Å². The molecule has 0 fully saturated rings. The Labute approximate surface area is 196 Å². The van der Waals surface area contributed by atoms with Gasteiger partial charge in [0, 0.05) is 0 Å². The molecule has 0 aliphatic carbocycles. The summed E-state index contributed by atoms with van der Waals surface area (Å²) in [6, 6.07) is 6.97. The molecule has 0 aliphatic rings. The van der Waals surface area contributed by atoms with Crippen LogP contribution in [0.3, 0.4) is 0 Å². The fourth-order valence-electron chi connectivity index (χ4n) is 2.82. The lowest BCUT2D eigenvalue weighted by atomic mass is 10.1. The summed E-state index contributed by atoms with van der Waals surface area (Å²) in [7, 11) is 1.22. The number of amides is 2.